The van der Waals surface area contributed by atoms with Crippen LogP contribution in [0.2, 0.25) is 0 Å². The molecule has 0 aromatic heterocycles. The van der Waals surface area contributed by atoms with Crippen molar-refractivity contribution in [2.45, 2.75) is 0 Å². The van der Waals surface area contributed by atoms with E-state index in [0.717, 1.165) is 71.5 Å². The summed E-state index contributed by atoms with van der Waals surface area (Å²) in [5.41, 5.74) is 11.3. The molecule has 0 amide bonds. The molecule has 0 spiro atoms. The van der Waals surface area contributed by atoms with Crippen molar-refractivity contribution in [1.29, 1.82) is 0 Å². The van der Waals surface area contributed by atoms with Gasteiger partial charge in [-0.1, -0.05) is 60.7 Å². The lowest BCUT2D eigenvalue weighted by molar-refractivity contribution is 1.41. The second-order valence-corrected chi connectivity index (χ2v) is 9.96. The molecule has 7 rings (SSSR count). The van der Waals surface area contributed by atoms with E-state index in [2.05, 4.69) is 83.3 Å². The fourth-order valence-corrected chi connectivity index (χ4v) is 5.39. The predicted octanol–water partition coefficient (Wildman–Crippen LogP) is 7.40. The summed E-state index contributed by atoms with van der Waals surface area (Å²) >= 11 is 2.35. The summed E-state index contributed by atoms with van der Waals surface area (Å²) in [6.07, 6.45) is 18.5. The molecule has 4 nitrogen and oxygen atoms in total. The molecule has 0 radical (unpaired) electrons. The summed E-state index contributed by atoms with van der Waals surface area (Å²) in [6.45, 7) is 0. The summed E-state index contributed by atoms with van der Waals surface area (Å²) in [4.78, 5) is 20.0. The maximum absolute atomic E-state index is 5.04. The average Bonchev–Trinajstić information content (AvgIpc) is 3.74. The zero-order chi connectivity index (χ0) is 24.8. The third kappa shape index (κ3) is 4.01. The van der Waals surface area contributed by atoms with Gasteiger partial charge in [0.1, 0.15) is 0 Å². The SMILES string of the molecule is IC1=C2C=CC(=N2)C(c2ccccc2)=C2C=CC(=N2)C=C2C=CC(=N2)C(c2ccccc2)=C2C=CC1=N2. The van der Waals surface area contributed by atoms with Gasteiger partial charge in [0.2, 0.25) is 0 Å². The number of nitrogens with zero attached hydrogens (tertiary/aromatic N) is 4. The second-order valence-electron chi connectivity index (χ2n) is 8.88. The van der Waals surface area contributed by atoms with Crippen LogP contribution < -0.4 is 0 Å². The van der Waals surface area contributed by atoms with Gasteiger partial charge in [-0.3, -0.25) is 0 Å². The maximum Gasteiger partial charge on any atom is 0.0793 e. The average molecular weight is 586 g/mol. The predicted molar refractivity (Wildman–Crippen MR) is 162 cm³/mol. The Labute approximate surface area is 228 Å². The molecule has 0 atom stereocenters. The first-order valence-corrected chi connectivity index (χ1v) is 13.1. The highest BCUT2D eigenvalue weighted by Gasteiger charge is 2.23. The van der Waals surface area contributed by atoms with E-state index < -0.39 is 0 Å². The Bertz CT molecular complexity index is 1690. The van der Waals surface area contributed by atoms with Crippen molar-refractivity contribution < 1.29 is 0 Å². The number of fused-ring (bicyclic) bond motifs is 4. The van der Waals surface area contributed by atoms with Crippen LogP contribution in [0.4, 0.5) is 0 Å². The van der Waals surface area contributed by atoms with Crippen LogP contribution >= 0.6 is 22.6 Å². The van der Waals surface area contributed by atoms with Gasteiger partial charge in [-0.25, -0.2) is 20.0 Å². The van der Waals surface area contributed by atoms with E-state index >= 15 is 0 Å². The second kappa shape index (κ2) is 9.01. The van der Waals surface area contributed by atoms with Crippen LogP contribution in [-0.2, 0) is 0 Å². The molecule has 5 aliphatic heterocycles. The molecule has 8 bridgehead atoms. The number of rotatable bonds is 2. The van der Waals surface area contributed by atoms with Gasteiger partial charge in [0.05, 0.1) is 49.2 Å². The van der Waals surface area contributed by atoms with Gasteiger partial charge in [-0.2, -0.15) is 0 Å². The summed E-state index contributed by atoms with van der Waals surface area (Å²) < 4.78 is 1.00. The number of aliphatic imine (C=N–C) groups is 4. The standard InChI is InChI=1S/C32H19IN4/c33-32-28-17-15-26(36-28)30(20-7-3-1-4-8-20)24-13-11-22(34-24)19-23-12-14-25(35-23)31(21-9-5-2-6-10-21)27-16-18-29(32)37-27/h1-19H. The molecule has 174 valence electrons. The van der Waals surface area contributed by atoms with Crippen molar-refractivity contribution in [3.63, 3.8) is 0 Å². The topological polar surface area (TPSA) is 49.4 Å². The van der Waals surface area contributed by atoms with E-state index in [1.165, 1.54) is 0 Å². The lowest BCUT2D eigenvalue weighted by Gasteiger charge is -2.09. The van der Waals surface area contributed by atoms with Gasteiger partial charge in [0.15, 0.2) is 0 Å². The van der Waals surface area contributed by atoms with E-state index in [-0.39, 0.29) is 0 Å². The molecule has 5 heterocycles. The lowest BCUT2D eigenvalue weighted by Crippen LogP contribution is -2.01. The number of benzene rings is 2. The van der Waals surface area contributed by atoms with Gasteiger partial charge in [0, 0.05) is 11.1 Å². The highest BCUT2D eigenvalue weighted by atomic mass is 127. The Morgan fingerprint density at radius 1 is 0.459 bits per heavy atom. The molecule has 5 heteroatoms. The number of hydrogen-bond acceptors (Lipinski definition) is 4. The fraction of sp³-hybridized carbons (Fsp3) is 0. The first-order valence-electron chi connectivity index (χ1n) is 12.0. The molecular formula is C32H19IN4. The first kappa shape index (κ1) is 22.0. The van der Waals surface area contributed by atoms with Crippen molar-refractivity contribution in [3.8, 4) is 0 Å². The Morgan fingerprint density at radius 2 is 1.00 bits per heavy atom. The van der Waals surface area contributed by atoms with E-state index in [9.17, 15) is 0 Å². The molecule has 0 saturated heterocycles. The smallest absolute Gasteiger partial charge is 0.0793 e. The summed E-state index contributed by atoms with van der Waals surface area (Å²) in [5, 5.41) is 0. The van der Waals surface area contributed by atoms with Crippen LogP contribution in [0, 0.1) is 0 Å². The highest BCUT2D eigenvalue weighted by Crippen LogP contribution is 2.34. The fourth-order valence-electron chi connectivity index (χ4n) is 4.79. The molecule has 0 unspecified atom stereocenters. The zero-order valence-electron chi connectivity index (χ0n) is 19.6. The summed E-state index contributed by atoms with van der Waals surface area (Å²) in [6, 6.07) is 20.6. The largest absolute Gasteiger partial charge is 0.248 e. The van der Waals surface area contributed by atoms with Crippen molar-refractivity contribution in [1.82, 2.24) is 0 Å². The molecule has 2 aromatic carbocycles. The molecule has 0 aliphatic carbocycles. The van der Waals surface area contributed by atoms with Crippen molar-refractivity contribution >= 4 is 56.6 Å². The van der Waals surface area contributed by atoms with Gasteiger partial charge in [-0.05, 0) is 88.4 Å². The van der Waals surface area contributed by atoms with Gasteiger partial charge in [0.25, 0.3) is 0 Å². The van der Waals surface area contributed by atoms with E-state index in [0.29, 0.717) is 0 Å². The van der Waals surface area contributed by atoms with Gasteiger partial charge < -0.3 is 0 Å². The minimum absolute atomic E-state index is 0.864. The van der Waals surface area contributed by atoms with Crippen LogP contribution in [0.15, 0.2) is 162 Å². The Morgan fingerprint density at radius 3 is 1.73 bits per heavy atom. The summed E-state index contributed by atoms with van der Waals surface area (Å²) in [7, 11) is 0. The molecule has 5 aliphatic rings. The van der Waals surface area contributed by atoms with E-state index in [1.807, 2.05) is 54.6 Å². The van der Waals surface area contributed by atoms with Crippen LogP contribution in [0.3, 0.4) is 0 Å². The molecule has 0 N–H and O–H groups in total. The molecule has 0 saturated carbocycles. The minimum Gasteiger partial charge on any atom is -0.248 e. The minimum atomic E-state index is 0.864. The van der Waals surface area contributed by atoms with Crippen LogP contribution in [0.5, 0.6) is 0 Å². The Kier molecular flexibility index (Phi) is 5.36. The lowest BCUT2D eigenvalue weighted by atomic mass is 9.99. The quantitative estimate of drug-likeness (QED) is 0.330. The Hall–Kier alpha value is -4.23. The zero-order valence-corrected chi connectivity index (χ0v) is 21.8. The maximum atomic E-state index is 5.04. The number of hydrogen-bond donors (Lipinski definition) is 0. The normalized spacial score (nSPS) is 19.5. The molecule has 0 fully saturated rings. The van der Waals surface area contributed by atoms with Crippen LogP contribution in [0.25, 0.3) is 11.1 Å². The summed E-state index contributed by atoms with van der Waals surface area (Å²) in [5.74, 6) is 0. The monoisotopic (exact) mass is 586 g/mol. The Balaban J connectivity index is 1.48. The van der Waals surface area contributed by atoms with Gasteiger partial charge >= 0.3 is 0 Å². The van der Waals surface area contributed by atoms with Crippen molar-refractivity contribution in [2.24, 2.45) is 20.0 Å². The van der Waals surface area contributed by atoms with Crippen LogP contribution in [0.1, 0.15) is 11.1 Å². The highest BCUT2D eigenvalue weighted by molar-refractivity contribution is 14.1. The third-order valence-corrected chi connectivity index (χ3v) is 7.60. The van der Waals surface area contributed by atoms with E-state index in [1.54, 1.807) is 0 Å². The molecule has 37 heavy (non-hydrogen) atoms. The first-order chi connectivity index (χ1) is 18.2. The third-order valence-electron chi connectivity index (χ3n) is 6.50. The van der Waals surface area contributed by atoms with Crippen molar-refractivity contribution in [2.75, 3.05) is 0 Å². The molecule has 2 aromatic rings. The van der Waals surface area contributed by atoms with Gasteiger partial charge in [-0.15, -0.1) is 0 Å². The van der Waals surface area contributed by atoms with E-state index in [4.69, 9.17) is 20.0 Å². The number of halogens is 1. The number of allylic oxidation sites excluding steroid dienone is 12. The van der Waals surface area contributed by atoms with Crippen LogP contribution in [-0.4, -0.2) is 22.8 Å². The van der Waals surface area contributed by atoms with Crippen molar-refractivity contribution in [3.05, 3.63) is 153 Å². The molecular weight excluding hydrogens is 567 g/mol.